The number of thiazole rings is 1. The maximum absolute atomic E-state index is 12.7. The maximum Gasteiger partial charge on any atom is 0.237 e. The van der Waals surface area contributed by atoms with Gasteiger partial charge in [0.1, 0.15) is 5.75 Å². The molecule has 0 spiro atoms. The second-order valence-electron chi connectivity index (χ2n) is 7.07. The van der Waals surface area contributed by atoms with Crippen LogP contribution in [0.4, 0.5) is 5.69 Å². The molecular weight excluding hydrogens is 386 g/mol. The Labute approximate surface area is 173 Å². The van der Waals surface area contributed by atoms with Crippen LogP contribution in [0.25, 0.3) is 0 Å². The number of amides is 1. The molecule has 1 aliphatic heterocycles. The molecule has 150 valence electrons. The number of piperidine rings is 1. The fourth-order valence-electron chi connectivity index (χ4n) is 3.40. The lowest BCUT2D eigenvalue weighted by Crippen LogP contribution is -2.37. The van der Waals surface area contributed by atoms with Crippen LogP contribution in [0, 0.1) is 12.8 Å². The molecule has 0 atom stereocenters. The van der Waals surface area contributed by atoms with Crippen molar-refractivity contribution in [3.63, 3.8) is 0 Å². The predicted octanol–water partition coefficient (Wildman–Crippen LogP) is 3.88. The average molecular weight is 410 g/mol. The molecule has 4 rings (SSSR count). The number of carbonyl (C=O) groups is 1. The van der Waals surface area contributed by atoms with E-state index in [1.165, 1.54) is 0 Å². The molecule has 7 nitrogen and oxygen atoms in total. The third-order valence-corrected chi connectivity index (χ3v) is 5.70. The second kappa shape index (κ2) is 9.11. The molecule has 8 heteroatoms. The number of carbonyl (C=O) groups excluding carboxylic acids is 1. The van der Waals surface area contributed by atoms with Crippen molar-refractivity contribution >= 4 is 22.9 Å². The van der Waals surface area contributed by atoms with Gasteiger partial charge in [-0.3, -0.25) is 14.7 Å². The van der Waals surface area contributed by atoms with Gasteiger partial charge in [0, 0.05) is 42.0 Å². The second-order valence-corrected chi connectivity index (χ2v) is 8.13. The Morgan fingerprint density at radius 1 is 1.31 bits per heavy atom. The number of aromatic nitrogens is 3. The van der Waals surface area contributed by atoms with Crippen molar-refractivity contribution in [1.29, 1.82) is 0 Å². The molecule has 0 saturated carbocycles. The monoisotopic (exact) mass is 409 g/mol. The number of ether oxygens (including phenoxy) is 1. The smallest absolute Gasteiger partial charge is 0.237 e. The largest absolute Gasteiger partial charge is 0.437 e. The van der Waals surface area contributed by atoms with Crippen LogP contribution in [-0.4, -0.2) is 38.8 Å². The Kier molecular flexibility index (Phi) is 6.12. The minimum Gasteiger partial charge on any atom is -0.437 e. The molecule has 1 fully saturated rings. The fraction of sp³-hybridized carbons (Fsp3) is 0.333. The van der Waals surface area contributed by atoms with Gasteiger partial charge in [-0.15, -0.1) is 11.3 Å². The number of nitrogens with zero attached hydrogens (tertiary/aromatic N) is 4. The first kappa shape index (κ1) is 19.5. The van der Waals surface area contributed by atoms with Gasteiger partial charge in [-0.2, -0.15) is 0 Å². The summed E-state index contributed by atoms with van der Waals surface area (Å²) in [5.74, 6) is 1.11. The first-order valence-corrected chi connectivity index (χ1v) is 10.5. The minimum absolute atomic E-state index is 0.0213. The van der Waals surface area contributed by atoms with Crippen LogP contribution < -0.4 is 10.1 Å². The Morgan fingerprint density at radius 2 is 2.17 bits per heavy atom. The van der Waals surface area contributed by atoms with E-state index in [1.807, 2.05) is 25.1 Å². The number of benzene rings is 1. The molecule has 29 heavy (non-hydrogen) atoms. The standard InChI is InChI=1S/C21H23N5O2S/c1-15-24-18(14-29-15)13-26-9-5-16(6-10-26)21(27)25-17-3-2-4-19(11-17)28-20-12-22-7-8-23-20/h2-4,7-8,11-12,14,16H,5-6,9-10,13H2,1H3,(H,25,27). The summed E-state index contributed by atoms with van der Waals surface area (Å²) in [6.07, 6.45) is 6.41. The molecule has 0 bridgehead atoms. The predicted molar refractivity (Wildman–Crippen MR) is 112 cm³/mol. The molecular formula is C21H23N5O2S. The summed E-state index contributed by atoms with van der Waals surface area (Å²) in [4.78, 5) is 27.7. The van der Waals surface area contributed by atoms with Crippen LogP contribution in [-0.2, 0) is 11.3 Å². The van der Waals surface area contributed by atoms with Crippen LogP contribution in [0.15, 0.2) is 48.2 Å². The third kappa shape index (κ3) is 5.36. The van der Waals surface area contributed by atoms with E-state index in [2.05, 4.69) is 30.5 Å². The van der Waals surface area contributed by atoms with E-state index in [-0.39, 0.29) is 11.8 Å². The van der Waals surface area contributed by atoms with Crippen molar-refractivity contribution in [2.75, 3.05) is 18.4 Å². The highest BCUT2D eigenvalue weighted by Gasteiger charge is 2.25. The number of anilines is 1. The summed E-state index contributed by atoms with van der Waals surface area (Å²) in [6.45, 7) is 4.70. The number of nitrogens with one attached hydrogen (secondary N) is 1. The van der Waals surface area contributed by atoms with Crippen molar-refractivity contribution in [3.8, 4) is 11.6 Å². The summed E-state index contributed by atoms with van der Waals surface area (Å²) in [7, 11) is 0. The van der Waals surface area contributed by atoms with E-state index in [0.29, 0.717) is 11.6 Å². The van der Waals surface area contributed by atoms with Gasteiger partial charge >= 0.3 is 0 Å². The Balaban J connectivity index is 1.29. The highest BCUT2D eigenvalue weighted by molar-refractivity contribution is 7.09. The van der Waals surface area contributed by atoms with E-state index >= 15 is 0 Å². The highest BCUT2D eigenvalue weighted by atomic mass is 32.1. The average Bonchev–Trinajstić information content (AvgIpc) is 3.14. The number of likely N-dealkylation sites (tertiary alicyclic amines) is 1. The lowest BCUT2D eigenvalue weighted by Gasteiger charge is -2.30. The summed E-state index contributed by atoms with van der Waals surface area (Å²) >= 11 is 1.68. The summed E-state index contributed by atoms with van der Waals surface area (Å²) < 4.78 is 5.68. The van der Waals surface area contributed by atoms with Crippen molar-refractivity contribution < 1.29 is 9.53 Å². The van der Waals surface area contributed by atoms with E-state index < -0.39 is 0 Å². The van der Waals surface area contributed by atoms with Gasteiger partial charge < -0.3 is 10.1 Å². The van der Waals surface area contributed by atoms with Gasteiger partial charge in [-0.1, -0.05) is 6.07 Å². The van der Waals surface area contributed by atoms with Crippen molar-refractivity contribution in [2.45, 2.75) is 26.3 Å². The quantitative estimate of drug-likeness (QED) is 0.665. The topological polar surface area (TPSA) is 80.2 Å². The lowest BCUT2D eigenvalue weighted by atomic mass is 9.95. The van der Waals surface area contributed by atoms with Crippen LogP contribution in [0.1, 0.15) is 23.5 Å². The number of hydrogen-bond donors (Lipinski definition) is 1. The maximum atomic E-state index is 12.7. The zero-order chi connectivity index (χ0) is 20.1. The SMILES string of the molecule is Cc1nc(CN2CCC(C(=O)Nc3cccc(Oc4cnccn4)c3)CC2)cs1. The summed E-state index contributed by atoms with van der Waals surface area (Å²) in [5, 5.41) is 6.23. The minimum atomic E-state index is 0.0213. The van der Waals surface area contributed by atoms with Crippen LogP contribution >= 0.6 is 11.3 Å². The number of rotatable bonds is 6. The van der Waals surface area contributed by atoms with E-state index in [4.69, 9.17) is 4.74 Å². The van der Waals surface area contributed by atoms with Crippen LogP contribution in [0.2, 0.25) is 0 Å². The molecule has 1 saturated heterocycles. The van der Waals surface area contributed by atoms with Crippen molar-refractivity contribution in [1.82, 2.24) is 19.9 Å². The zero-order valence-corrected chi connectivity index (χ0v) is 17.1. The third-order valence-electron chi connectivity index (χ3n) is 4.87. The Bertz CT molecular complexity index is 954. The molecule has 0 radical (unpaired) electrons. The van der Waals surface area contributed by atoms with Crippen molar-refractivity contribution in [2.24, 2.45) is 5.92 Å². The number of aryl methyl sites for hydroxylation is 1. The van der Waals surface area contributed by atoms with Gasteiger partial charge in [0.05, 0.1) is 16.9 Å². The van der Waals surface area contributed by atoms with Gasteiger partial charge in [-0.05, 0) is 45.0 Å². The van der Waals surface area contributed by atoms with Gasteiger partial charge in [0.25, 0.3) is 0 Å². The van der Waals surface area contributed by atoms with Crippen molar-refractivity contribution in [3.05, 3.63) is 58.9 Å². The van der Waals surface area contributed by atoms with Crippen LogP contribution in [0.3, 0.4) is 0 Å². The van der Waals surface area contributed by atoms with Crippen LogP contribution in [0.5, 0.6) is 11.6 Å². The van der Waals surface area contributed by atoms with E-state index in [1.54, 1.807) is 36.0 Å². The highest BCUT2D eigenvalue weighted by Crippen LogP contribution is 2.25. The fourth-order valence-corrected chi connectivity index (χ4v) is 4.01. The molecule has 1 amide bonds. The van der Waals surface area contributed by atoms with Gasteiger partial charge in [-0.25, -0.2) is 9.97 Å². The zero-order valence-electron chi connectivity index (χ0n) is 16.2. The van der Waals surface area contributed by atoms with E-state index in [0.717, 1.165) is 48.9 Å². The number of hydrogen-bond acceptors (Lipinski definition) is 7. The molecule has 2 aromatic heterocycles. The Hall–Kier alpha value is -2.84. The molecule has 1 N–H and O–H groups in total. The van der Waals surface area contributed by atoms with E-state index in [9.17, 15) is 4.79 Å². The molecule has 3 heterocycles. The molecule has 1 aromatic carbocycles. The van der Waals surface area contributed by atoms with Gasteiger partial charge in [0.2, 0.25) is 11.8 Å². The lowest BCUT2D eigenvalue weighted by molar-refractivity contribution is -0.121. The molecule has 0 aliphatic carbocycles. The summed E-state index contributed by atoms with van der Waals surface area (Å²) in [5.41, 5.74) is 1.84. The Morgan fingerprint density at radius 3 is 2.90 bits per heavy atom. The normalized spacial score (nSPS) is 15.2. The first-order valence-electron chi connectivity index (χ1n) is 9.64. The molecule has 3 aromatic rings. The molecule has 0 unspecified atom stereocenters. The summed E-state index contributed by atoms with van der Waals surface area (Å²) in [6, 6.07) is 7.33. The molecule has 1 aliphatic rings. The first-order chi connectivity index (χ1) is 14.2. The van der Waals surface area contributed by atoms with Gasteiger partial charge in [0.15, 0.2) is 0 Å².